The molecule has 0 aromatic heterocycles. The van der Waals surface area contributed by atoms with Gasteiger partial charge in [0.05, 0.1) is 6.54 Å². The van der Waals surface area contributed by atoms with Crippen LogP contribution in [-0.2, 0) is 11.3 Å². The van der Waals surface area contributed by atoms with E-state index in [0.717, 1.165) is 25.9 Å². The van der Waals surface area contributed by atoms with Gasteiger partial charge in [-0.15, -0.1) is 0 Å². The van der Waals surface area contributed by atoms with Gasteiger partial charge in [-0.3, -0.25) is 4.79 Å². The van der Waals surface area contributed by atoms with E-state index in [1.165, 1.54) is 12.5 Å². The molecule has 0 spiro atoms. The summed E-state index contributed by atoms with van der Waals surface area (Å²) < 4.78 is 29.0. The molecule has 1 N–H and O–H groups in total. The van der Waals surface area contributed by atoms with Crippen LogP contribution in [0.2, 0.25) is 0 Å². The number of nitrogens with one attached hydrogen (secondary N) is 1. The minimum absolute atomic E-state index is 0.0574. The lowest BCUT2D eigenvalue weighted by Gasteiger charge is -2.26. The van der Waals surface area contributed by atoms with Gasteiger partial charge in [0.2, 0.25) is 5.91 Å². The summed E-state index contributed by atoms with van der Waals surface area (Å²) >= 11 is 0. The zero-order valence-electron chi connectivity index (χ0n) is 11.9. The molecule has 1 saturated heterocycles. The van der Waals surface area contributed by atoms with E-state index in [4.69, 9.17) is 0 Å². The van der Waals surface area contributed by atoms with Crippen molar-refractivity contribution < 1.29 is 18.3 Å². The number of alkyl halides is 2. The van der Waals surface area contributed by atoms with E-state index in [1.807, 2.05) is 4.90 Å². The van der Waals surface area contributed by atoms with Crippen LogP contribution in [0.4, 0.5) is 8.78 Å². The third-order valence-corrected chi connectivity index (χ3v) is 3.49. The third kappa shape index (κ3) is 4.97. The van der Waals surface area contributed by atoms with Gasteiger partial charge in [-0.1, -0.05) is 18.2 Å². The second-order valence-corrected chi connectivity index (χ2v) is 5.03. The molecule has 21 heavy (non-hydrogen) atoms. The Morgan fingerprint density at radius 1 is 1.24 bits per heavy atom. The van der Waals surface area contributed by atoms with Crippen molar-refractivity contribution in [3.05, 3.63) is 29.8 Å². The molecule has 1 fully saturated rings. The summed E-state index contributed by atoms with van der Waals surface area (Å²) in [5.41, 5.74) is 0.615. The van der Waals surface area contributed by atoms with Crippen molar-refractivity contribution in [2.75, 3.05) is 19.6 Å². The van der Waals surface area contributed by atoms with Gasteiger partial charge < -0.3 is 15.0 Å². The van der Waals surface area contributed by atoms with E-state index < -0.39 is 6.61 Å². The molecular formula is C15H20F2N2O2. The van der Waals surface area contributed by atoms with Gasteiger partial charge in [-0.05, 0) is 25.3 Å². The summed E-state index contributed by atoms with van der Waals surface area (Å²) in [6.45, 7) is -0.691. The molecule has 0 saturated carbocycles. The highest BCUT2D eigenvalue weighted by molar-refractivity contribution is 5.78. The van der Waals surface area contributed by atoms with Crippen LogP contribution in [0.3, 0.4) is 0 Å². The zero-order valence-corrected chi connectivity index (χ0v) is 11.9. The van der Waals surface area contributed by atoms with Gasteiger partial charge in [0.25, 0.3) is 0 Å². The number of carbonyl (C=O) groups excluding carboxylic acids is 1. The first-order valence-electron chi connectivity index (χ1n) is 7.18. The van der Waals surface area contributed by atoms with Crippen molar-refractivity contribution in [2.45, 2.75) is 32.4 Å². The van der Waals surface area contributed by atoms with Gasteiger partial charge in [0, 0.05) is 25.2 Å². The molecule has 2 rings (SSSR count). The Hall–Kier alpha value is -1.69. The SMILES string of the molecule is O=C(CNCc1ccccc1OC(F)F)N1CCCCC1. The van der Waals surface area contributed by atoms with Crippen LogP contribution in [0.15, 0.2) is 24.3 Å². The average Bonchev–Trinajstić information content (AvgIpc) is 2.49. The molecule has 0 bridgehead atoms. The number of piperidine rings is 1. The van der Waals surface area contributed by atoms with Gasteiger partial charge in [-0.2, -0.15) is 8.78 Å². The van der Waals surface area contributed by atoms with E-state index in [1.54, 1.807) is 18.2 Å². The van der Waals surface area contributed by atoms with E-state index in [0.29, 0.717) is 12.1 Å². The summed E-state index contributed by atoms with van der Waals surface area (Å²) in [7, 11) is 0. The molecule has 1 aliphatic rings. The number of amides is 1. The number of nitrogens with zero attached hydrogens (tertiary/aromatic N) is 1. The van der Waals surface area contributed by atoms with Crippen LogP contribution in [0.25, 0.3) is 0 Å². The molecule has 0 aliphatic carbocycles. The second kappa shape index (κ2) is 7.93. The van der Waals surface area contributed by atoms with Crippen molar-refractivity contribution in [3.8, 4) is 5.75 Å². The molecule has 1 aromatic carbocycles. The number of hydrogen-bond acceptors (Lipinski definition) is 3. The number of hydrogen-bond donors (Lipinski definition) is 1. The zero-order chi connectivity index (χ0) is 15.1. The summed E-state index contributed by atoms with van der Waals surface area (Å²) in [6, 6.07) is 6.59. The Balaban J connectivity index is 1.81. The molecule has 0 unspecified atom stereocenters. The van der Waals surface area contributed by atoms with Crippen LogP contribution in [0.1, 0.15) is 24.8 Å². The molecule has 1 aliphatic heterocycles. The number of halogens is 2. The lowest BCUT2D eigenvalue weighted by atomic mass is 10.1. The van der Waals surface area contributed by atoms with Gasteiger partial charge in [0.1, 0.15) is 5.75 Å². The second-order valence-electron chi connectivity index (χ2n) is 5.03. The molecule has 6 heteroatoms. The van der Waals surface area contributed by atoms with Crippen molar-refractivity contribution in [3.63, 3.8) is 0 Å². The predicted molar refractivity (Wildman–Crippen MR) is 75.2 cm³/mol. The summed E-state index contributed by atoms with van der Waals surface area (Å²) in [6.07, 6.45) is 3.28. The highest BCUT2D eigenvalue weighted by Gasteiger charge is 2.16. The van der Waals surface area contributed by atoms with E-state index in [-0.39, 0.29) is 18.2 Å². The quantitative estimate of drug-likeness (QED) is 0.877. The van der Waals surface area contributed by atoms with Gasteiger partial charge in [0.15, 0.2) is 0 Å². The smallest absolute Gasteiger partial charge is 0.387 e. The Morgan fingerprint density at radius 2 is 1.95 bits per heavy atom. The summed E-state index contributed by atoms with van der Waals surface area (Å²) in [4.78, 5) is 13.8. The Kier molecular flexibility index (Phi) is 5.92. The summed E-state index contributed by atoms with van der Waals surface area (Å²) in [5.74, 6) is 0.201. The number of rotatable bonds is 6. The summed E-state index contributed by atoms with van der Waals surface area (Å²) in [5, 5.41) is 3.00. The number of likely N-dealkylation sites (tertiary alicyclic amines) is 1. The Bertz CT molecular complexity index is 463. The fraction of sp³-hybridized carbons (Fsp3) is 0.533. The van der Waals surface area contributed by atoms with Crippen molar-refractivity contribution in [1.29, 1.82) is 0 Å². The fourth-order valence-electron chi connectivity index (χ4n) is 2.42. The van der Waals surface area contributed by atoms with Crippen LogP contribution in [0, 0.1) is 0 Å². The first kappa shape index (κ1) is 15.7. The van der Waals surface area contributed by atoms with Crippen LogP contribution in [-0.4, -0.2) is 37.1 Å². The average molecular weight is 298 g/mol. The number of para-hydroxylation sites is 1. The minimum Gasteiger partial charge on any atom is -0.434 e. The molecule has 1 aromatic rings. The Morgan fingerprint density at radius 3 is 2.67 bits per heavy atom. The maximum Gasteiger partial charge on any atom is 0.387 e. The van der Waals surface area contributed by atoms with E-state index in [2.05, 4.69) is 10.1 Å². The Labute approximate surface area is 123 Å². The van der Waals surface area contributed by atoms with Crippen molar-refractivity contribution >= 4 is 5.91 Å². The maximum atomic E-state index is 12.3. The highest BCUT2D eigenvalue weighted by atomic mass is 19.3. The standard InChI is InChI=1S/C15H20F2N2O2/c16-15(17)21-13-7-3-2-6-12(13)10-18-11-14(20)19-8-4-1-5-9-19/h2-3,6-7,15,18H,1,4-5,8-11H2. The first-order chi connectivity index (χ1) is 10.2. The van der Waals surface area contributed by atoms with E-state index >= 15 is 0 Å². The molecule has 1 heterocycles. The number of ether oxygens (including phenoxy) is 1. The van der Waals surface area contributed by atoms with Crippen LogP contribution < -0.4 is 10.1 Å². The normalized spacial score (nSPS) is 15.3. The predicted octanol–water partition coefficient (Wildman–Crippen LogP) is 2.39. The monoisotopic (exact) mass is 298 g/mol. The van der Waals surface area contributed by atoms with Crippen molar-refractivity contribution in [1.82, 2.24) is 10.2 Å². The molecular weight excluding hydrogens is 278 g/mol. The lowest BCUT2D eigenvalue weighted by molar-refractivity contribution is -0.131. The van der Waals surface area contributed by atoms with Crippen molar-refractivity contribution in [2.24, 2.45) is 0 Å². The van der Waals surface area contributed by atoms with Gasteiger partial charge >= 0.3 is 6.61 Å². The molecule has 0 atom stereocenters. The molecule has 4 nitrogen and oxygen atoms in total. The maximum absolute atomic E-state index is 12.3. The van der Waals surface area contributed by atoms with E-state index in [9.17, 15) is 13.6 Å². The third-order valence-electron chi connectivity index (χ3n) is 3.49. The number of benzene rings is 1. The molecule has 1 amide bonds. The van der Waals surface area contributed by atoms with Crippen LogP contribution in [0.5, 0.6) is 5.75 Å². The fourth-order valence-corrected chi connectivity index (χ4v) is 2.42. The molecule has 0 radical (unpaired) electrons. The lowest BCUT2D eigenvalue weighted by Crippen LogP contribution is -2.41. The largest absolute Gasteiger partial charge is 0.434 e. The number of carbonyl (C=O) groups is 1. The minimum atomic E-state index is -2.85. The van der Waals surface area contributed by atoms with Crippen LogP contribution >= 0.6 is 0 Å². The topological polar surface area (TPSA) is 41.6 Å². The highest BCUT2D eigenvalue weighted by Crippen LogP contribution is 2.19. The molecule has 116 valence electrons. The first-order valence-corrected chi connectivity index (χ1v) is 7.18. The van der Waals surface area contributed by atoms with Gasteiger partial charge in [-0.25, -0.2) is 0 Å².